The van der Waals surface area contributed by atoms with Crippen molar-refractivity contribution in [1.82, 2.24) is 10.2 Å². The van der Waals surface area contributed by atoms with Crippen LogP contribution < -0.4 is 5.32 Å². The number of nitrogens with one attached hydrogen (secondary N) is 1. The maximum Gasteiger partial charge on any atom is 0.305 e. The average Bonchev–Trinajstić information content (AvgIpc) is 2.62. The summed E-state index contributed by atoms with van der Waals surface area (Å²) in [7, 11) is 3.25. The Bertz CT molecular complexity index is 615. The van der Waals surface area contributed by atoms with Crippen molar-refractivity contribution in [2.45, 2.75) is 45.7 Å². The highest BCUT2D eigenvalue weighted by atomic mass is 16.4. The van der Waals surface area contributed by atoms with Gasteiger partial charge in [-0.25, -0.2) is 0 Å². The molecule has 0 bridgehead atoms. The Morgan fingerprint density at radius 3 is 2.15 bits per heavy atom. The molecule has 1 aromatic carbocycles. The van der Waals surface area contributed by atoms with Crippen LogP contribution in [0.4, 0.5) is 0 Å². The van der Waals surface area contributed by atoms with Gasteiger partial charge in [0.25, 0.3) is 0 Å². The molecule has 1 aromatic rings. The van der Waals surface area contributed by atoms with Crippen LogP contribution in [0.2, 0.25) is 0 Å². The minimum absolute atomic E-state index is 0.00750. The molecule has 0 aromatic heterocycles. The maximum absolute atomic E-state index is 13.2. The second-order valence-electron chi connectivity index (χ2n) is 6.83. The molecule has 1 amide bonds. The number of ketones is 1. The highest BCUT2D eigenvalue weighted by Crippen LogP contribution is 2.27. The lowest BCUT2D eigenvalue weighted by Gasteiger charge is -2.34. The van der Waals surface area contributed by atoms with Crippen LogP contribution in [0.5, 0.6) is 0 Å². The zero-order chi connectivity index (χ0) is 19.9. The molecule has 26 heavy (non-hydrogen) atoms. The number of likely N-dealkylation sites (N-methyl/N-ethyl adjacent to an activating group) is 2. The van der Waals surface area contributed by atoms with Gasteiger partial charge in [-0.2, -0.15) is 0 Å². The van der Waals surface area contributed by atoms with Crippen LogP contribution in [0.25, 0.3) is 0 Å². The van der Waals surface area contributed by atoms with Crippen LogP contribution >= 0.6 is 0 Å². The molecule has 0 aliphatic heterocycles. The van der Waals surface area contributed by atoms with Crippen molar-refractivity contribution in [1.29, 1.82) is 0 Å². The van der Waals surface area contributed by atoms with E-state index < -0.39 is 24.0 Å². The minimum Gasteiger partial charge on any atom is -0.481 e. The number of hydrogen-bond acceptors (Lipinski definition) is 4. The van der Waals surface area contributed by atoms with Crippen LogP contribution in [-0.4, -0.2) is 47.8 Å². The van der Waals surface area contributed by atoms with Gasteiger partial charge in [0, 0.05) is 19.4 Å². The fraction of sp³-hybridized carbons (Fsp3) is 0.550. The molecule has 0 heterocycles. The number of benzene rings is 1. The maximum atomic E-state index is 13.2. The second-order valence-corrected chi connectivity index (χ2v) is 6.83. The first kappa shape index (κ1) is 21.8. The van der Waals surface area contributed by atoms with Gasteiger partial charge < -0.3 is 15.3 Å². The molecule has 0 spiro atoms. The molecular formula is C20H30N2O4. The van der Waals surface area contributed by atoms with Crippen molar-refractivity contribution < 1.29 is 19.5 Å². The summed E-state index contributed by atoms with van der Waals surface area (Å²) in [6.45, 7) is 5.62. The van der Waals surface area contributed by atoms with E-state index in [4.69, 9.17) is 0 Å². The summed E-state index contributed by atoms with van der Waals surface area (Å²) in [6, 6.07) is 7.81. The number of carbonyl (C=O) groups excluding carboxylic acids is 2. The zero-order valence-corrected chi connectivity index (χ0v) is 16.2. The zero-order valence-electron chi connectivity index (χ0n) is 16.2. The van der Waals surface area contributed by atoms with E-state index in [2.05, 4.69) is 5.32 Å². The van der Waals surface area contributed by atoms with Gasteiger partial charge in [0.2, 0.25) is 5.91 Å². The lowest BCUT2D eigenvalue weighted by atomic mass is 9.83. The Morgan fingerprint density at radius 2 is 1.73 bits per heavy atom. The summed E-state index contributed by atoms with van der Waals surface area (Å²) in [6.07, 6.45) is 0.159. The van der Waals surface area contributed by atoms with Crippen LogP contribution in [0.1, 0.15) is 45.2 Å². The molecule has 0 saturated heterocycles. The van der Waals surface area contributed by atoms with E-state index in [0.29, 0.717) is 6.42 Å². The predicted octanol–water partition coefficient (Wildman–Crippen LogP) is 2.50. The molecule has 1 rings (SSSR count). The number of hydrogen-bond donors (Lipinski definition) is 2. The van der Waals surface area contributed by atoms with E-state index in [1.165, 1.54) is 4.90 Å². The molecule has 1 unspecified atom stereocenters. The Balaban J connectivity index is 3.19. The largest absolute Gasteiger partial charge is 0.481 e. The summed E-state index contributed by atoms with van der Waals surface area (Å²) >= 11 is 0. The van der Waals surface area contributed by atoms with Crippen LogP contribution in [0.15, 0.2) is 30.3 Å². The first-order valence-corrected chi connectivity index (χ1v) is 8.97. The second kappa shape index (κ2) is 10.1. The third-order valence-electron chi connectivity index (χ3n) is 4.74. The van der Waals surface area contributed by atoms with Crippen molar-refractivity contribution in [3.8, 4) is 0 Å². The van der Waals surface area contributed by atoms with Crippen LogP contribution in [-0.2, 0) is 14.4 Å². The summed E-state index contributed by atoms with van der Waals surface area (Å²) in [5, 5.41) is 12.3. The summed E-state index contributed by atoms with van der Waals surface area (Å²) < 4.78 is 0. The third kappa shape index (κ3) is 5.39. The van der Waals surface area contributed by atoms with Gasteiger partial charge in [-0.1, -0.05) is 51.1 Å². The number of carboxylic acid groups (broad SMARTS) is 1. The topological polar surface area (TPSA) is 86.7 Å². The van der Waals surface area contributed by atoms with Crippen molar-refractivity contribution >= 4 is 17.7 Å². The van der Waals surface area contributed by atoms with Gasteiger partial charge in [0.15, 0.2) is 0 Å². The quantitative estimate of drug-likeness (QED) is 0.668. The van der Waals surface area contributed by atoms with Crippen molar-refractivity contribution in [3.05, 3.63) is 35.9 Å². The number of carboxylic acids is 1. The van der Waals surface area contributed by atoms with E-state index in [1.807, 2.05) is 44.2 Å². The van der Waals surface area contributed by atoms with E-state index in [-0.39, 0.29) is 24.0 Å². The minimum atomic E-state index is -0.982. The molecule has 6 heteroatoms. The molecule has 0 aliphatic carbocycles. The van der Waals surface area contributed by atoms with Gasteiger partial charge in [-0.15, -0.1) is 0 Å². The van der Waals surface area contributed by atoms with Gasteiger partial charge in [-0.05, 0) is 18.5 Å². The lowest BCUT2D eigenvalue weighted by molar-refractivity contribution is -0.143. The Labute approximate surface area is 155 Å². The highest BCUT2D eigenvalue weighted by Gasteiger charge is 2.37. The summed E-state index contributed by atoms with van der Waals surface area (Å²) in [5.41, 5.74) is 0.753. The van der Waals surface area contributed by atoms with Crippen molar-refractivity contribution in [2.24, 2.45) is 11.8 Å². The van der Waals surface area contributed by atoms with E-state index in [0.717, 1.165) is 5.56 Å². The first-order valence-electron chi connectivity index (χ1n) is 8.97. The molecule has 6 nitrogen and oxygen atoms in total. The van der Waals surface area contributed by atoms with Gasteiger partial charge in [-0.3, -0.25) is 14.4 Å². The molecule has 0 saturated carbocycles. The molecule has 2 N–H and O–H groups in total. The van der Waals surface area contributed by atoms with Crippen molar-refractivity contribution in [3.63, 3.8) is 0 Å². The Kier molecular flexibility index (Phi) is 8.45. The Hall–Kier alpha value is -2.21. The lowest BCUT2D eigenvalue weighted by Crippen LogP contribution is -2.52. The number of aliphatic carboxylic acids is 1. The SMILES string of the molecule is CCC(=O)C(C(C)C)[C@H](NC)C(=O)N(C)[C@@H](CC(=O)O)c1ccccc1. The smallest absolute Gasteiger partial charge is 0.305 e. The molecular weight excluding hydrogens is 332 g/mol. The predicted molar refractivity (Wildman–Crippen MR) is 101 cm³/mol. The monoisotopic (exact) mass is 362 g/mol. The van der Waals surface area contributed by atoms with Crippen LogP contribution in [0.3, 0.4) is 0 Å². The van der Waals surface area contributed by atoms with Crippen molar-refractivity contribution in [2.75, 3.05) is 14.1 Å². The number of carbonyl (C=O) groups is 3. The van der Waals surface area contributed by atoms with E-state index in [9.17, 15) is 19.5 Å². The van der Waals surface area contributed by atoms with E-state index in [1.54, 1.807) is 21.0 Å². The van der Waals surface area contributed by atoms with Gasteiger partial charge in [0.05, 0.1) is 18.5 Å². The fourth-order valence-electron chi connectivity index (χ4n) is 3.33. The number of amides is 1. The summed E-state index contributed by atoms with van der Waals surface area (Å²) in [4.78, 5) is 38.3. The third-order valence-corrected chi connectivity index (χ3v) is 4.74. The molecule has 144 valence electrons. The normalized spacial score (nSPS) is 14.5. The molecule has 0 fully saturated rings. The standard InChI is InChI=1S/C20H30N2O4/c1-6-16(23)18(13(2)3)19(21-4)20(26)22(5)15(12-17(24)25)14-10-8-7-9-11-14/h7-11,13,15,18-19,21H,6,12H2,1-5H3,(H,24,25)/t15-,18?,19-/m0/s1. The summed E-state index contributed by atoms with van der Waals surface area (Å²) in [5.74, 6) is -1.70. The Morgan fingerprint density at radius 1 is 1.15 bits per heavy atom. The molecule has 3 atom stereocenters. The van der Waals surface area contributed by atoms with Gasteiger partial charge in [0.1, 0.15) is 5.78 Å². The number of Topliss-reactive ketones (excluding diaryl/α,β-unsaturated/α-hetero) is 1. The molecule has 0 aliphatic rings. The fourth-order valence-corrected chi connectivity index (χ4v) is 3.33. The van der Waals surface area contributed by atoms with E-state index >= 15 is 0 Å². The number of rotatable bonds is 10. The number of nitrogens with zero attached hydrogens (tertiary/aromatic N) is 1. The average molecular weight is 362 g/mol. The van der Waals surface area contributed by atoms with Gasteiger partial charge >= 0.3 is 5.97 Å². The molecule has 0 radical (unpaired) electrons. The van der Waals surface area contributed by atoms with Crippen LogP contribution in [0, 0.1) is 11.8 Å². The first-order chi connectivity index (χ1) is 12.2. The highest BCUT2D eigenvalue weighted by molar-refractivity contribution is 5.91.